The molecule has 0 fully saturated rings. The van der Waals surface area contributed by atoms with Crippen molar-refractivity contribution >= 4 is 60.0 Å². The molecule has 0 spiro atoms. The number of aromatic carboxylic acids is 1. The molecule has 0 aliphatic carbocycles. The number of hydrogen-bond donors (Lipinski definition) is 1. The molecule has 23 heavy (non-hydrogen) atoms. The van der Waals surface area contributed by atoms with Crippen LogP contribution in [-0.4, -0.2) is 72.0 Å². The van der Waals surface area contributed by atoms with Crippen LogP contribution < -0.4 is 0 Å². The van der Waals surface area contributed by atoms with Crippen molar-refractivity contribution in [2.45, 2.75) is 40.0 Å². The van der Waals surface area contributed by atoms with E-state index in [1.165, 1.54) is 12.1 Å². The maximum atomic E-state index is 12.5. The summed E-state index contributed by atoms with van der Waals surface area (Å²) in [5.74, 6) is 1.31. The number of carbonyl (C=O) groups excluding carboxylic acids is 1. The monoisotopic (exact) mass is 368 g/mol. The largest absolute Gasteiger partial charge is 2.00 e. The van der Waals surface area contributed by atoms with Gasteiger partial charge >= 0.3 is 49.7 Å². The minimum Gasteiger partial charge on any atom is -1.00 e. The molecule has 0 unspecified atom stereocenters. The molecule has 6 heteroatoms. The van der Waals surface area contributed by atoms with Crippen molar-refractivity contribution in [2.24, 2.45) is 0 Å². The van der Waals surface area contributed by atoms with Crippen LogP contribution in [0.5, 0.6) is 0 Å². The average molecular weight is 369 g/mol. The molecule has 128 valence electrons. The number of carboxylic acids is 1. The van der Waals surface area contributed by atoms with Gasteiger partial charge in [-0.05, 0) is 37.5 Å². The molecular weight excluding hydrogens is 340 g/mol. The van der Waals surface area contributed by atoms with Crippen LogP contribution >= 0.6 is 10.3 Å². The molecule has 0 amide bonds. The molecule has 4 nitrogen and oxygen atoms in total. The fourth-order valence-electron chi connectivity index (χ4n) is 2.54. The molecule has 0 atom stereocenters. The van der Waals surface area contributed by atoms with Gasteiger partial charge in [0.25, 0.3) is 0 Å². The molecule has 0 radical (unpaired) electrons. The molecule has 0 saturated heterocycles. The Hall–Kier alpha value is -0.230. The number of carboxylic acid groups (broad SMARTS) is 1. The van der Waals surface area contributed by atoms with Gasteiger partial charge in [-0.1, -0.05) is 37.1 Å². The summed E-state index contributed by atoms with van der Waals surface area (Å²) < 4.78 is 5.93. The third kappa shape index (κ3) is 7.04. The third-order valence-corrected chi connectivity index (χ3v) is 7.29. The summed E-state index contributed by atoms with van der Waals surface area (Å²) >= 11 is 0. The minimum absolute atomic E-state index is 0. The van der Waals surface area contributed by atoms with Crippen LogP contribution in [0, 0.1) is 0 Å². The average Bonchev–Trinajstić information content (AvgIpc) is 2.48. The second-order valence-corrected chi connectivity index (χ2v) is 8.66. The number of hydrogen-bond acceptors (Lipinski definition) is 3. The summed E-state index contributed by atoms with van der Waals surface area (Å²) in [6, 6.07) is 6.06. The molecular formula is C17H28CaO4S. The van der Waals surface area contributed by atoms with E-state index in [2.05, 4.69) is 20.8 Å². The Labute approximate surface area is 173 Å². The van der Waals surface area contributed by atoms with Crippen molar-refractivity contribution in [2.75, 3.05) is 17.3 Å². The first-order valence-corrected chi connectivity index (χ1v) is 9.88. The van der Waals surface area contributed by atoms with Crippen LogP contribution in [0.15, 0.2) is 24.3 Å². The molecule has 1 aromatic carbocycles. The topological polar surface area (TPSA) is 63.6 Å². The maximum Gasteiger partial charge on any atom is 2.00 e. The van der Waals surface area contributed by atoms with Crippen molar-refractivity contribution in [1.82, 2.24) is 0 Å². The molecule has 1 N–H and O–H groups in total. The normalized spacial score (nSPS) is 11.4. The molecule has 0 aromatic heterocycles. The van der Waals surface area contributed by atoms with Crippen LogP contribution in [0.3, 0.4) is 0 Å². The fraction of sp³-hybridized carbons (Fsp3) is 0.529. The summed E-state index contributed by atoms with van der Waals surface area (Å²) in [7, 11) is -1.42. The zero-order valence-corrected chi connectivity index (χ0v) is 17.4. The van der Waals surface area contributed by atoms with Gasteiger partial charge in [-0.3, -0.25) is 0 Å². The molecule has 1 rings (SSSR count). The first-order valence-electron chi connectivity index (χ1n) is 7.81. The van der Waals surface area contributed by atoms with E-state index in [9.17, 15) is 9.59 Å². The van der Waals surface area contributed by atoms with Crippen molar-refractivity contribution in [1.29, 1.82) is 0 Å². The first-order chi connectivity index (χ1) is 10.5. The van der Waals surface area contributed by atoms with E-state index in [-0.39, 0.29) is 46.2 Å². The van der Waals surface area contributed by atoms with Gasteiger partial charge in [0.05, 0.1) is 11.1 Å². The molecule has 0 aliphatic rings. The Balaban J connectivity index is -0.00000161. The van der Waals surface area contributed by atoms with Gasteiger partial charge in [0.1, 0.15) is 0 Å². The van der Waals surface area contributed by atoms with Gasteiger partial charge in [0.2, 0.25) is 0 Å². The van der Waals surface area contributed by atoms with E-state index in [0.29, 0.717) is 5.56 Å². The molecule has 0 aliphatic heterocycles. The summed E-state index contributed by atoms with van der Waals surface area (Å²) in [5, 5.41) is 9.03. The summed E-state index contributed by atoms with van der Waals surface area (Å²) in [6.45, 7) is 6.31. The molecule has 0 heterocycles. The van der Waals surface area contributed by atoms with Crippen LogP contribution in [0.2, 0.25) is 0 Å². The molecule has 0 saturated carbocycles. The Morgan fingerprint density at radius 2 is 1.52 bits per heavy atom. The standard InChI is InChI=1S/C17H26O4S.Ca.2H/c1-4-10-22(11-5-2,12-6-3)21-17(20)15-9-7-8-14(13-15)16(18)19;;;/h7-9,13H,4-6,10-12H2,1-3H3,(H,18,19);;;/q;+2;2*-1. The maximum absolute atomic E-state index is 12.5. The molecule has 1 aromatic rings. The minimum atomic E-state index is -1.42. The van der Waals surface area contributed by atoms with Crippen LogP contribution in [0.25, 0.3) is 0 Å². The van der Waals surface area contributed by atoms with Gasteiger partial charge < -0.3 is 12.1 Å². The van der Waals surface area contributed by atoms with Gasteiger partial charge in [-0.2, -0.15) is 0 Å². The van der Waals surface area contributed by atoms with Crippen LogP contribution in [-0.2, 0) is 4.18 Å². The van der Waals surface area contributed by atoms with Crippen molar-refractivity contribution in [3.05, 3.63) is 35.4 Å². The van der Waals surface area contributed by atoms with E-state index < -0.39 is 22.2 Å². The van der Waals surface area contributed by atoms with Gasteiger partial charge in [0.15, 0.2) is 0 Å². The second-order valence-electron chi connectivity index (χ2n) is 5.34. The van der Waals surface area contributed by atoms with E-state index in [4.69, 9.17) is 9.29 Å². The number of carbonyl (C=O) groups is 2. The van der Waals surface area contributed by atoms with E-state index in [0.717, 1.165) is 36.5 Å². The van der Waals surface area contributed by atoms with E-state index in [1.54, 1.807) is 12.1 Å². The predicted octanol–water partition coefficient (Wildman–Crippen LogP) is 4.34. The van der Waals surface area contributed by atoms with Crippen molar-refractivity contribution in [3.8, 4) is 0 Å². The zero-order chi connectivity index (χ0) is 16.6. The van der Waals surface area contributed by atoms with E-state index >= 15 is 0 Å². The summed E-state index contributed by atoms with van der Waals surface area (Å²) in [5.41, 5.74) is 0.427. The number of benzene rings is 1. The summed E-state index contributed by atoms with van der Waals surface area (Å²) in [4.78, 5) is 23.5. The van der Waals surface area contributed by atoms with Crippen molar-refractivity contribution < 1.29 is 21.7 Å². The quantitative estimate of drug-likeness (QED) is 0.659. The van der Waals surface area contributed by atoms with Crippen LogP contribution in [0.1, 0.15) is 63.6 Å². The van der Waals surface area contributed by atoms with Crippen molar-refractivity contribution in [3.63, 3.8) is 0 Å². The Morgan fingerprint density at radius 3 is 1.96 bits per heavy atom. The predicted molar refractivity (Wildman–Crippen MR) is 99.9 cm³/mol. The zero-order valence-electron chi connectivity index (χ0n) is 16.3. The smallest absolute Gasteiger partial charge is 1.00 e. The number of rotatable bonds is 9. The van der Waals surface area contributed by atoms with Gasteiger partial charge in [0, 0.05) is 17.3 Å². The third-order valence-electron chi connectivity index (χ3n) is 3.33. The van der Waals surface area contributed by atoms with Gasteiger partial charge in [-0.25, -0.2) is 9.59 Å². The Bertz CT molecular complexity index is 512. The van der Waals surface area contributed by atoms with Gasteiger partial charge in [-0.15, -0.1) is 0 Å². The fourth-order valence-corrected chi connectivity index (χ4v) is 6.05. The Kier molecular flexibility index (Phi) is 11.2. The summed E-state index contributed by atoms with van der Waals surface area (Å²) in [6.07, 6.45) is 2.95. The second kappa shape index (κ2) is 11.3. The first kappa shape index (κ1) is 22.8. The SMILES string of the molecule is CCCS(CCC)(CCC)OC(=O)c1cccc(C(=O)O)c1.[Ca+2].[H-].[H-]. The van der Waals surface area contributed by atoms with E-state index in [1.807, 2.05) is 0 Å². The van der Waals surface area contributed by atoms with Crippen LogP contribution in [0.4, 0.5) is 0 Å². The Morgan fingerprint density at radius 1 is 1.04 bits per heavy atom. The molecule has 0 bridgehead atoms.